The number of hydrogen-bond donors (Lipinski definition) is 2. The highest BCUT2D eigenvalue weighted by Crippen LogP contribution is 2.22. The lowest BCUT2D eigenvalue weighted by Crippen LogP contribution is -2.44. The van der Waals surface area contributed by atoms with Crippen molar-refractivity contribution < 1.29 is 19.1 Å². The number of halogens is 1. The lowest BCUT2D eigenvalue weighted by Gasteiger charge is -2.21. The zero-order valence-electron chi connectivity index (χ0n) is 14.5. The molecule has 0 fully saturated rings. The molecular formula is C17H25BrN2O4. The van der Waals surface area contributed by atoms with Crippen molar-refractivity contribution in [3.05, 3.63) is 28.2 Å². The largest absolute Gasteiger partial charge is 0.497 e. The smallest absolute Gasteiger partial charge is 0.407 e. The van der Waals surface area contributed by atoms with Crippen LogP contribution in [0.25, 0.3) is 0 Å². The maximum absolute atomic E-state index is 12.4. The number of nitrogens with one attached hydrogen (secondary N) is 2. The second kappa shape index (κ2) is 10.2. The molecule has 2 N–H and O–H groups in total. The van der Waals surface area contributed by atoms with Gasteiger partial charge in [0.05, 0.1) is 19.3 Å². The molecular weight excluding hydrogens is 376 g/mol. The first-order valence-corrected chi connectivity index (χ1v) is 8.71. The van der Waals surface area contributed by atoms with Crippen LogP contribution in [0.4, 0.5) is 4.79 Å². The number of alkyl carbamates (subject to hydrolysis) is 1. The van der Waals surface area contributed by atoms with E-state index in [1.54, 1.807) is 32.2 Å². The number of ether oxygens (including phenoxy) is 2. The van der Waals surface area contributed by atoms with Crippen molar-refractivity contribution in [3.63, 3.8) is 0 Å². The van der Waals surface area contributed by atoms with Crippen molar-refractivity contribution in [2.45, 2.75) is 33.2 Å². The van der Waals surface area contributed by atoms with Crippen molar-refractivity contribution in [2.24, 2.45) is 5.92 Å². The molecule has 1 aromatic carbocycles. The highest BCUT2D eigenvalue weighted by molar-refractivity contribution is 9.10. The minimum absolute atomic E-state index is 0.197. The third-order valence-electron chi connectivity index (χ3n) is 3.28. The van der Waals surface area contributed by atoms with Gasteiger partial charge < -0.3 is 20.1 Å². The van der Waals surface area contributed by atoms with Crippen LogP contribution in [0.1, 0.15) is 37.6 Å². The minimum Gasteiger partial charge on any atom is -0.497 e. The zero-order valence-corrected chi connectivity index (χ0v) is 16.1. The van der Waals surface area contributed by atoms with E-state index in [0.29, 0.717) is 34.9 Å². The van der Waals surface area contributed by atoms with Crippen LogP contribution in [0.15, 0.2) is 22.7 Å². The van der Waals surface area contributed by atoms with Crippen LogP contribution in [-0.4, -0.2) is 38.3 Å². The summed E-state index contributed by atoms with van der Waals surface area (Å²) in [7, 11) is 1.55. The molecule has 1 rings (SSSR count). The van der Waals surface area contributed by atoms with E-state index in [1.807, 2.05) is 0 Å². The Labute approximate surface area is 151 Å². The molecule has 0 radical (unpaired) electrons. The number of carbonyl (C=O) groups excluding carboxylic acids is 2. The summed E-state index contributed by atoms with van der Waals surface area (Å²) in [5, 5.41) is 5.63. The average molecular weight is 401 g/mol. The number of amides is 2. The van der Waals surface area contributed by atoms with Crippen LogP contribution >= 0.6 is 15.9 Å². The van der Waals surface area contributed by atoms with E-state index < -0.39 is 6.09 Å². The molecule has 0 heterocycles. The van der Waals surface area contributed by atoms with Gasteiger partial charge in [0.1, 0.15) is 5.75 Å². The first-order valence-electron chi connectivity index (χ1n) is 7.92. The van der Waals surface area contributed by atoms with Crippen molar-refractivity contribution >= 4 is 27.9 Å². The molecule has 0 aliphatic heterocycles. The molecule has 1 aromatic rings. The molecule has 0 saturated heterocycles. The summed E-state index contributed by atoms with van der Waals surface area (Å²) in [6.07, 6.45) is 0.262. The summed E-state index contributed by atoms with van der Waals surface area (Å²) in [5.74, 6) is 0.740. The van der Waals surface area contributed by atoms with Gasteiger partial charge in [0, 0.05) is 17.1 Å². The fraction of sp³-hybridized carbons (Fsp3) is 0.529. The maximum atomic E-state index is 12.4. The fourth-order valence-electron chi connectivity index (χ4n) is 2.22. The van der Waals surface area contributed by atoms with E-state index in [1.165, 1.54) is 0 Å². The normalized spacial score (nSPS) is 11.8. The second-order valence-corrected chi connectivity index (χ2v) is 6.60. The van der Waals surface area contributed by atoms with Gasteiger partial charge in [-0.25, -0.2) is 4.79 Å². The Kier molecular flexibility index (Phi) is 8.60. The molecule has 0 spiro atoms. The zero-order chi connectivity index (χ0) is 18.1. The molecule has 1 unspecified atom stereocenters. The molecule has 2 amide bonds. The molecule has 0 bridgehead atoms. The number of benzene rings is 1. The van der Waals surface area contributed by atoms with Gasteiger partial charge in [0.2, 0.25) is 0 Å². The Morgan fingerprint density at radius 3 is 2.58 bits per heavy atom. The van der Waals surface area contributed by atoms with E-state index in [9.17, 15) is 9.59 Å². The second-order valence-electron chi connectivity index (χ2n) is 5.75. The Hall–Kier alpha value is -1.76. The topological polar surface area (TPSA) is 76.7 Å². The third-order valence-corrected chi connectivity index (χ3v) is 3.97. The summed E-state index contributed by atoms with van der Waals surface area (Å²) in [6, 6.07) is 4.99. The molecule has 0 aliphatic rings. The van der Waals surface area contributed by atoms with Crippen LogP contribution < -0.4 is 15.4 Å². The highest BCUT2D eigenvalue weighted by Gasteiger charge is 2.17. The summed E-state index contributed by atoms with van der Waals surface area (Å²) >= 11 is 3.36. The summed E-state index contributed by atoms with van der Waals surface area (Å²) < 4.78 is 10.7. The average Bonchev–Trinajstić information content (AvgIpc) is 2.52. The van der Waals surface area contributed by atoms with Crippen LogP contribution in [0.2, 0.25) is 0 Å². The van der Waals surface area contributed by atoms with Crippen molar-refractivity contribution in [1.29, 1.82) is 0 Å². The predicted octanol–water partition coefficient (Wildman–Crippen LogP) is 3.35. The number of carbonyl (C=O) groups is 2. The van der Waals surface area contributed by atoms with Gasteiger partial charge in [-0.3, -0.25) is 4.79 Å². The first-order chi connectivity index (χ1) is 11.4. The molecule has 0 aliphatic carbocycles. The van der Waals surface area contributed by atoms with Gasteiger partial charge in [-0.1, -0.05) is 13.8 Å². The summed E-state index contributed by atoms with van der Waals surface area (Å²) in [5.41, 5.74) is 0.480. The summed E-state index contributed by atoms with van der Waals surface area (Å²) in [6.45, 7) is 6.49. The van der Waals surface area contributed by atoms with E-state index in [-0.39, 0.29) is 11.9 Å². The molecule has 6 nitrogen and oxygen atoms in total. The van der Waals surface area contributed by atoms with E-state index in [2.05, 4.69) is 40.4 Å². The summed E-state index contributed by atoms with van der Waals surface area (Å²) in [4.78, 5) is 24.0. The van der Waals surface area contributed by atoms with Gasteiger partial charge in [-0.15, -0.1) is 0 Å². The predicted molar refractivity (Wildman–Crippen MR) is 96.4 cm³/mol. The lowest BCUT2D eigenvalue weighted by molar-refractivity contribution is 0.0943. The first kappa shape index (κ1) is 20.3. The Bertz CT molecular complexity index is 564. The van der Waals surface area contributed by atoms with Crippen molar-refractivity contribution in [2.75, 3.05) is 20.3 Å². The van der Waals surface area contributed by atoms with Gasteiger partial charge in [-0.05, 0) is 53.4 Å². The quantitative estimate of drug-likeness (QED) is 0.701. The SMILES string of the molecule is CCOC(=O)NC(CNC(=O)c1cc(OC)ccc1Br)CC(C)C. The van der Waals surface area contributed by atoms with E-state index >= 15 is 0 Å². The van der Waals surface area contributed by atoms with Crippen LogP contribution in [0.5, 0.6) is 5.75 Å². The Morgan fingerprint density at radius 2 is 2.00 bits per heavy atom. The maximum Gasteiger partial charge on any atom is 0.407 e. The molecule has 7 heteroatoms. The Balaban J connectivity index is 2.71. The van der Waals surface area contributed by atoms with Gasteiger partial charge >= 0.3 is 6.09 Å². The lowest BCUT2D eigenvalue weighted by atomic mass is 10.0. The molecule has 0 saturated carbocycles. The third kappa shape index (κ3) is 6.78. The fourth-order valence-corrected chi connectivity index (χ4v) is 2.64. The molecule has 24 heavy (non-hydrogen) atoms. The number of rotatable bonds is 8. The Morgan fingerprint density at radius 1 is 1.29 bits per heavy atom. The number of hydrogen-bond acceptors (Lipinski definition) is 4. The standard InChI is InChI=1S/C17H25BrN2O4/c1-5-24-17(22)20-12(8-11(2)3)10-19-16(21)14-9-13(23-4)6-7-15(14)18/h6-7,9,11-12H,5,8,10H2,1-4H3,(H,19,21)(H,20,22). The highest BCUT2D eigenvalue weighted by atomic mass is 79.9. The van der Waals surface area contributed by atoms with Crippen LogP contribution in [0, 0.1) is 5.92 Å². The van der Waals surface area contributed by atoms with Crippen LogP contribution in [0.3, 0.4) is 0 Å². The van der Waals surface area contributed by atoms with Gasteiger partial charge in [-0.2, -0.15) is 0 Å². The van der Waals surface area contributed by atoms with Crippen molar-refractivity contribution in [1.82, 2.24) is 10.6 Å². The van der Waals surface area contributed by atoms with Crippen molar-refractivity contribution in [3.8, 4) is 5.75 Å². The molecule has 134 valence electrons. The monoisotopic (exact) mass is 400 g/mol. The van der Waals surface area contributed by atoms with Crippen LogP contribution in [-0.2, 0) is 4.74 Å². The number of methoxy groups -OCH3 is 1. The van der Waals surface area contributed by atoms with Gasteiger partial charge in [0.25, 0.3) is 5.91 Å². The molecule has 0 aromatic heterocycles. The van der Waals surface area contributed by atoms with E-state index in [0.717, 1.165) is 6.42 Å². The van der Waals surface area contributed by atoms with Gasteiger partial charge in [0.15, 0.2) is 0 Å². The minimum atomic E-state index is -0.472. The molecule has 1 atom stereocenters. The van der Waals surface area contributed by atoms with E-state index in [4.69, 9.17) is 9.47 Å².